The van der Waals surface area contributed by atoms with E-state index in [9.17, 15) is 0 Å². The second kappa shape index (κ2) is 6.14. The van der Waals surface area contributed by atoms with Crippen molar-refractivity contribution in [3.05, 3.63) is 22.9 Å². The molecule has 0 bridgehead atoms. The summed E-state index contributed by atoms with van der Waals surface area (Å²) < 4.78 is 0. The zero-order valence-electron chi connectivity index (χ0n) is 11.9. The van der Waals surface area contributed by atoms with Crippen molar-refractivity contribution in [2.75, 3.05) is 18.5 Å². The molecule has 3 nitrogen and oxygen atoms in total. The van der Waals surface area contributed by atoms with Gasteiger partial charge in [-0.2, -0.15) is 0 Å². The molecule has 0 aliphatic carbocycles. The van der Waals surface area contributed by atoms with E-state index in [1.54, 1.807) is 0 Å². The molecule has 2 N–H and O–H groups in total. The van der Waals surface area contributed by atoms with Crippen LogP contribution in [0, 0.1) is 19.8 Å². The second-order valence-corrected chi connectivity index (χ2v) is 5.69. The maximum atomic E-state index is 5.82. The van der Waals surface area contributed by atoms with Crippen molar-refractivity contribution < 1.29 is 0 Å². The van der Waals surface area contributed by atoms with Crippen molar-refractivity contribution in [2.45, 2.75) is 34.1 Å². The molecule has 100 valence electrons. The maximum absolute atomic E-state index is 5.82. The molecule has 0 fully saturated rings. The van der Waals surface area contributed by atoms with Crippen molar-refractivity contribution in [3.8, 4) is 0 Å². The molecule has 1 aromatic rings. The SMILES string of the molecule is Cc1cc(C)c(C(N)=S)c(N(C)CCC(C)C)n1. The van der Waals surface area contributed by atoms with Crippen LogP contribution in [0.1, 0.15) is 37.1 Å². The van der Waals surface area contributed by atoms with Crippen molar-refractivity contribution in [3.63, 3.8) is 0 Å². The van der Waals surface area contributed by atoms with Gasteiger partial charge in [0.05, 0.1) is 5.56 Å². The molecule has 4 heteroatoms. The number of hydrogen-bond donors (Lipinski definition) is 1. The fourth-order valence-corrected chi connectivity index (χ4v) is 2.21. The summed E-state index contributed by atoms with van der Waals surface area (Å²) in [6, 6.07) is 2.02. The molecule has 0 saturated heterocycles. The maximum Gasteiger partial charge on any atom is 0.139 e. The van der Waals surface area contributed by atoms with Crippen molar-refractivity contribution >= 4 is 23.0 Å². The highest BCUT2D eigenvalue weighted by Crippen LogP contribution is 2.22. The molecule has 0 radical (unpaired) electrons. The molecule has 0 unspecified atom stereocenters. The summed E-state index contributed by atoms with van der Waals surface area (Å²) in [7, 11) is 2.05. The molecule has 1 heterocycles. The first-order chi connectivity index (χ1) is 8.32. The fraction of sp³-hybridized carbons (Fsp3) is 0.571. The van der Waals surface area contributed by atoms with Gasteiger partial charge in [-0.15, -0.1) is 0 Å². The summed E-state index contributed by atoms with van der Waals surface area (Å²) in [5.74, 6) is 1.58. The van der Waals surface area contributed by atoms with E-state index in [2.05, 4.69) is 23.7 Å². The van der Waals surface area contributed by atoms with Crippen LogP contribution in [0.2, 0.25) is 0 Å². The average Bonchev–Trinajstić information content (AvgIpc) is 2.23. The van der Waals surface area contributed by atoms with Gasteiger partial charge >= 0.3 is 0 Å². The van der Waals surface area contributed by atoms with E-state index in [0.717, 1.165) is 35.6 Å². The van der Waals surface area contributed by atoms with Crippen molar-refractivity contribution in [2.24, 2.45) is 11.7 Å². The van der Waals surface area contributed by atoms with Crippen LogP contribution in [0.3, 0.4) is 0 Å². The molecule has 0 saturated carbocycles. The molecule has 0 atom stereocenters. The summed E-state index contributed by atoms with van der Waals surface area (Å²) in [5, 5.41) is 0. The lowest BCUT2D eigenvalue weighted by atomic mass is 10.1. The van der Waals surface area contributed by atoms with Gasteiger partial charge in [-0.1, -0.05) is 26.1 Å². The van der Waals surface area contributed by atoms with E-state index in [1.807, 2.05) is 27.0 Å². The number of anilines is 1. The number of aromatic nitrogens is 1. The minimum atomic E-state index is 0.423. The number of thiocarbonyl (C=S) groups is 1. The Morgan fingerprint density at radius 3 is 2.56 bits per heavy atom. The third-order valence-corrected chi connectivity index (χ3v) is 3.18. The van der Waals surface area contributed by atoms with E-state index in [-0.39, 0.29) is 0 Å². The van der Waals surface area contributed by atoms with Gasteiger partial charge in [-0.3, -0.25) is 0 Å². The van der Waals surface area contributed by atoms with E-state index in [1.165, 1.54) is 0 Å². The van der Waals surface area contributed by atoms with Crippen LogP contribution in [0.4, 0.5) is 5.82 Å². The molecule has 0 aromatic carbocycles. The Bertz CT molecular complexity index is 441. The topological polar surface area (TPSA) is 42.1 Å². The van der Waals surface area contributed by atoms with Gasteiger partial charge in [0.2, 0.25) is 0 Å². The van der Waals surface area contributed by atoms with Gasteiger partial charge in [0, 0.05) is 19.3 Å². The first-order valence-electron chi connectivity index (χ1n) is 6.32. The first-order valence-corrected chi connectivity index (χ1v) is 6.73. The molecular weight excluding hydrogens is 242 g/mol. The van der Waals surface area contributed by atoms with Gasteiger partial charge in [-0.25, -0.2) is 4.98 Å². The van der Waals surface area contributed by atoms with Gasteiger partial charge in [0.25, 0.3) is 0 Å². The highest BCUT2D eigenvalue weighted by molar-refractivity contribution is 7.80. The fourth-order valence-electron chi connectivity index (χ4n) is 1.96. The number of aryl methyl sites for hydroxylation is 2. The molecular formula is C14H23N3S. The predicted molar refractivity (Wildman–Crippen MR) is 82.3 cm³/mol. The quantitative estimate of drug-likeness (QED) is 0.831. The van der Waals surface area contributed by atoms with Crippen LogP contribution >= 0.6 is 12.2 Å². The van der Waals surface area contributed by atoms with Gasteiger partial charge in [-0.05, 0) is 37.8 Å². The summed E-state index contributed by atoms with van der Waals surface area (Å²) in [5.41, 5.74) is 8.83. The molecule has 0 spiro atoms. The normalized spacial score (nSPS) is 10.8. The Hall–Kier alpha value is -1.16. The zero-order chi connectivity index (χ0) is 13.9. The molecule has 1 rings (SSSR count). The number of pyridine rings is 1. The molecule has 18 heavy (non-hydrogen) atoms. The third kappa shape index (κ3) is 3.67. The van der Waals surface area contributed by atoms with E-state index in [4.69, 9.17) is 18.0 Å². The number of hydrogen-bond acceptors (Lipinski definition) is 3. The Labute approximate surface area is 115 Å². The second-order valence-electron chi connectivity index (χ2n) is 5.25. The Kier molecular flexibility index (Phi) is 5.08. The summed E-state index contributed by atoms with van der Waals surface area (Å²) >= 11 is 5.15. The Balaban J connectivity index is 3.09. The van der Waals surface area contributed by atoms with Gasteiger partial charge in [0.15, 0.2) is 0 Å². The number of nitrogens with two attached hydrogens (primary N) is 1. The summed E-state index contributed by atoms with van der Waals surface area (Å²) in [6.07, 6.45) is 1.13. The predicted octanol–water partition coefficient (Wildman–Crippen LogP) is 2.81. The molecule has 0 aliphatic rings. The lowest BCUT2D eigenvalue weighted by molar-refractivity contribution is 0.583. The summed E-state index contributed by atoms with van der Waals surface area (Å²) in [4.78, 5) is 7.16. The smallest absolute Gasteiger partial charge is 0.139 e. The molecule has 1 aromatic heterocycles. The number of nitrogens with zero attached hydrogens (tertiary/aromatic N) is 2. The van der Waals surface area contributed by atoms with Crippen LogP contribution in [-0.4, -0.2) is 23.6 Å². The minimum Gasteiger partial charge on any atom is -0.389 e. The lowest BCUT2D eigenvalue weighted by Crippen LogP contribution is -2.26. The zero-order valence-corrected chi connectivity index (χ0v) is 12.8. The van der Waals surface area contributed by atoms with E-state index < -0.39 is 0 Å². The Morgan fingerprint density at radius 2 is 2.06 bits per heavy atom. The number of rotatable bonds is 5. The average molecular weight is 265 g/mol. The lowest BCUT2D eigenvalue weighted by Gasteiger charge is -2.23. The van der Waals surface area contributed by atoms with Crippen molar-refractivity contribution in [1.29, 1.82) is 0 Å². The van der Waals surface area contributed by atoms with Crippen molar-refractivity contribution in [1.82, 2.24) is 4.98 Å². The monoisotopic (exact) mass is 265 g/mol. The van der Waals surface area contributed by atoms with Crippen LogP contribution in [0.15, 0.2) is 6.07 Å². The third-order valence-electron chi connectivity index (χ3n) is 2.98. The van der Waals surface area contributed by atoms with Crippen LogP contribution in [0.25, 0.3) is 0 Å². The van der Waals surface area contributed by atoms with E-state index >= 15 is 0 Å². The summed E-state index contributed by atoms with van der Waals surface area (Å²) in [6.45, 7) is 9.43. The van der Waals surface area contributed by atoms with Crippen LogP contribution in [-0.2, 0) is 0 Å². The van der Waals surface area contributed by atoms with Crippen LogP contribution < -0.4 is 10.6 Å². The molecule has 0 aliphatic heterocycles. The van der Waals surface area contributed by atoms with Gasteiger partial charge in [0.1, 0.15) is 10.8 Å². The minimum absolute atomic E-state index is 0.423. The Morgan fingerprint density at radius 1 is 1.44 bits per heavy atom. The molecule has 0 amide bonds. The largest absolute Gasteiger partial charge is 0.389 e. The van der Waals surface area contributed by atoms with Crippen LogP contribution in [0.5, 0.6) is 0 Å². The highest BCUT2D eigenvalue weighted by Gasteiger charge is 2.15. The van der Waals surface area contributed by atoms with Gasteiger partial charge < -0.3 is 10.6 Å². The van der Waals surface area contributed by atoms with E-state index in [0.29, 0.717) is 10.9 Å². The standard InChI is InChI=1S/C14H23N3S/c1-9(2)6-7-17(5)14-12(13(15)18)10(3)8-11(4)16-14/h8-9H,6-7H2,1-5H3,(H2,15,18). The first kappa shape index (κ1) is 14.9. The highest BCUT2D eigenvalue weighted by atomic mass is 32.1.